The van der Waals surface area contributed by atoms with Gasteiger partial charge in [-0.25, -0.2) is 4.98 Å². The Bertz CT molecular complexity index is 590. The fourth-order valence-corrected chi connectivity index (χ4v) is 4.01. The second-order valence-electron chi connectivity index (χ2n) is 6.44. The molecule has 0 bridgehead atoms. The van der Waals surface area contributed by atoms with Gasteiger partial charge in [-0.3, -0.25) is 0 Å². The molecule has 1 saturated carbocycles. The molecule has 0 aliphatic heterocycles. The molecule has 1 heterocycles. The highest BCUT2D eigenvalue weighted by Crippen LogP contribution is 2.47. The zero-order chi connectivity index (χ0) is 14.2. The summed E-state index contributed by atoms with van der Waals surface area (Å²) in [6.45, 7) is 4.34. The summed E-state index contributed by atoms with van der Waals surface area (Å²) in [5, 5.41) is 14.1. The van der Waals surface area contributed by atoms with Gasteiger partial charge in [-0.05, 0) is 24.7 Å². The molecule has 3 rings (SSSR count). The lowest BCUT2D eigenvalue weighted by molar-refractivity contribution is -0.0419. The van der Waals surface area contributed by atoms with Crippen molar-refractivity contribution in [2.75, 3.05) is 0 Å². The molecule has 106 valence electrons. The first-order chi connectivity index (χ1) is 9.50. The maximum atomic E-state index is 10.9. The summed E-state index contributed by atoms with van der Waals surface area (Å²) >= 11 is 1.66. The van der Waals surface area contributed by atoms with Crippen molar-refractivity contribution in [3.8, 4) is 11.3 Å². The third-order valence-electron chi connectivity index (χ3n) is 4.72. The van der Waals surface area contributed by atoms with E-state index in [1.54, 1.807) is 11.3 Å². The Morgan fingerprint density at radius 2 is 1.95 bits per heavy atom. The number of nitrogens with zero attached hydrogens (tertiary/aromatic N) is 1. The predicted molar refractivity (Wildman–Crippen MR) is 83.8 cm³/mol. The Hall–Kier alpha value is -1.19. The SMILES string of the molecule is CC1(C)CCCC1(O)Cc1nc(-c2ccccc2)cs1. The molecule has 1 aliphatic carbocycles. The smallest absolute Gasteiger partial charge is 0.0961 e. The van der Waals surface area contributed by atoms with E-state index in [0.717, 1.165) is 35.5 Å². The first-order valence-electron chi connectivity index (χ1n) is 7.22. The van der Waals surface area contributed by atoms with E-state index in [0.29, 0.717) is 6.42 Å². The van der Waals surface area contributed by atoms with Crippen LogP contribution in [0.3, 0.4) is 0 Å². The Morgan fingerprint density at radius 1 is 1.20 bits per heavy atom. The fourth-order valence-electron chi connectivity index (χ4n) is 3.11. The molecule has 1 unspecified atom stereocenters. The van der Waals surface area contributed by atoms with Crippen LogP contribution >= 0.6 is 11.3 Å². The van der Waals surface area contributed by atoms with Crippen molar-refractivity contribution < 1.29 is 5.11 Å². The van der Waals surface area contributed by atoms with E-state index in [4.69, 9.17) is 4.98 Å². The Balaban J connectivity index is 1.82. The summed E-state index contributed by atoms with van der Waals surface area (Å²) in [4.78, 5) is 4.71. The molecule has 1 aromatic heterocycles. The maximum Gasteiger partial charge on any atom is 0.0961 e. The van der Waals surface area contributed by atoms with E-state index >= 15 is 0 Å². The molecule has 1 atom stereocenters. The van der Waals surface area contributed by atoms with Crippen molar-refractivity contribution in [3.63, 3.8) is 0 Å². The lowest BCUT2D eigenvalue weighted by Gasteiger charge is -2.36. The second kappa shape index (κ2) is 4.97. The number of benzene rings is 1. The van der Waals surface area contributed by atoms with Crippen LogP contribution in [0.2, 0.25) is 0 Å². The zero-order valence-corrected chi connectivity index (χ0v) is 12.9. The average Bonchev–Trinajstić information content (AvgIpc) is 2.97. The monoisotopic (exact) mass is 287 g/mol. The number of hydrogen-bond acceptors (Lipinski definition) is 3. The van der Waals surface area contributed by atoms with E-state index in [-0.39, 0.29) is 5.41 Å². The molecule has 0 saturated heterocycles. The lowest BCUT2D eigenvalue weighted by Crippen LogP contribution is -2.41. The standard InChI is InChI=1S/C17H21NOS/c1-16(2)9-6-10-17(16,19)11-15-18-14(12-20-15)13-7-4-3-5-8-13/h3-5,7-8,12,19H,6,9-11H2,1-2H3. The van der Waals surface area contributed by atoms with Crippen LogP contribution in [0.15, 0.2) is 35.7 Å². The van der Waals surface area contributed by atoms with Crippen LogP contribution in [-0.2, 0) is 6.42 Å². The first kappa shape index (κ1) is 13.8. The van der Waals surface area contributed by atoms with Crippen molar-refractivity contribution in [1.82, 2.24) is 4.98 Å². The van der Waals surface area contributed by atoms with E-state index < -0.39 is 5.60 Å². The van der Waals surface area contributed by atoms with Crippen LogP contribution in [0.1, 0.15) is 38.1 Å². The summed E-state index contributed by atoms with van der Waals surface area (Å²) < 4.78 is 0. The number of rotatable bonds is 3. The number of thiazole rings is 1. The molecular weight excluding hydrogens is 266 g/mol. The summed E-state index contributed by atoms with van der Waals surface area (Å²) in [6, 6.07) is 10.2. The molecule has 1 aliphatic rings. The van der Waals surface area contributed by atoms with Crippen LogP contribution in [0.5, 0.6) is 0 Å². The normalized spacial score (nSPS) is 24.9. The third kappa shape index (κ3) is 2.40. The Labute approximate surface area is 124 Å². The Morgan fingerprint density at radius 3 is 2.60 bits per heavy atom. The highest BCUT2D eigenvalue weighted by Gasteiger charge is 2.47. The molecule has 0 spiro atoms. The van der Waals surface area contributed by atoms with E-state index in [2.05, 4.69) is 31.4 Å². The van der Waals surface area contributed by atoms with Crippen LogP contribution in [0, 0.1) is 5.41 Å². The van der Waals surface area contributed by atoms with Gasteiger partial charge in [0.1, 0.15) is 0 Å². The Kier molecular flexibility index (Phi) is 3.43. The molecule has 3 heteroatoms. The average molecular weight is 287 g/mol. The van der Waals surface area contributed by atoms with Gasteiger partial charge in [0, 0.05) is 17.4 Å². The van der Waals surface area contributed by atoms with Crippen molar-refractivity contribution in [2.45, 2.75) is 45.1 Å². The summed E-state index contributed by atoms with van der Waals surface area (Å²) in [5.74, 6) is 0. The minimum Gasteiger partial charge on any atom is -0.389 e. The first-order valence-corrected chi connectivity index (χ1v) is 8.10. The summed E-state index contributed by atoms with van der Waals surface area (Å²) in [7, 11) is 0. The van der Waals surface area contributed by atoms with Crippen molar-refractivity contribution >= 4 is 11.3 Å². The zero-order valence-electron chi connectivity index (χ0n) is 12.1. The second-order valence-corrected chi connectivity index (χ2v) is 7.38. The predicted octanol–water partition coefficient (Wildman–Crippen LogP) is 4.29. The molecular formula is C17H21NOS. The van der Waals surface area contributed by atoms with Crippen molar-refractivity contribution in [1.29, 1.82) is 0 Å². The molecule has 20 heavy (non-hydrogen) atoms. The van der Waals surface area contributed by atoms with E-state index in [9.17, 15) is 5.11 Å². The summed E-state index contributed by atoms with van der Waals surface area (Å²) in [5.41, 5.74) is 1.56. The number of aromatic nitrogens is 1. The molecule has 2 aromatic rings. The van der Waals surface area contributed by atoms with Gasteiger partial charge < -0.3 is 5.11 Å². The van der Waals surface area contributed by atoms with Gasteiger partial charge >= 0.3 is 0 Å². The third-order valence-corrected chi connectivity index (χ3v) is 5.57. The van der Waals surface area contributed by atoms with Gasteiger partial charge in [0.2, 0.25) is 0 Å². The lowest BCUT2D eigenvalue weighted by atomic mass is 9.76. The highest BCUT2D eigenvalue weighted by atomic mass is 32.1. The van der Waals surface area contributed by atoms with Gasteiger partial charge in [0.05, 0.1) is 16.3 Å². The van der Waals surface area contributed by atoms with Gasteiger partial charge in [-0.15, -0.1) is 11.3 Å². The van der Waals surface area contributed by atoms with Gasteiger partial charge in [0.15, 0.2) is 0 Å². The molecule has 1 aromatic carbocycles. The van der Waals surface area contributed by atoms with Crippen LogP contribution in [-0.4, -0.2) is 15.7 Å². The molecule has 0 radical (unpaired) electrons. The highest BCUT2D eigenvalue weighted by molar-refractivity contribution is 7.09. The fraction of sp³-hybridized carbons (Fsp3) is 0.471. The van der Waals surface area contributed by atoms with Crippen molar-refractivity contribution in [2.24, 2.45) is 5.41 Å². The van der Waals surface area contributed by atoms with Crippen LogP contribution in [0.25, 0.3) is 11.3 Å². The van der Waals surface area contributed by atoms with Gasteiger partial charge in [-0.1, -0.05) is 44.2 Å². The maximum absolute atomic E-state index is 10.9. The summed E-state index contributed by atoms with van der Waals surface area (Å²) in [6.07, 6.45) is 3.78. The quantitative estimate of drug-likeness (QED) is 0.913. The van der Waals surface area contributed by atoms with Crippen LogP contribution < -0.4 is 0 Å². The van der Waals surface area contributed by atoms with Crippen molar-refractivity contribution in [3.05, 3.63) is 40.7 Å². The van der Waals surface area contributed by atoms with Gasteiger partial charge in [0.25, 0.3) is 0 Å². The number of hydrogen-bond donors (Lipinski definition) is 1. The molecule has 2 nitrogen and oxygen atoms in total. The number of aliphatic hydroxyl groups is 1. The van der Waals surface area contributed by atoms with E-state index in [1.807, 2.05) is 18.2 Å². The largest absolute Gasteiger partial charge is 0.389 e. The molecule has 1 N–H and O–H groups in total. The molecule has 1 fully saturated rings. The van der Waals surface area contributed by atoms with Crippen LogP contribution in [0.4, 0.5) is 0 Å². The molecule has 0 amide bonds. The topological polar surface area (TPSA) is 33.1 Å². The van der Waals surface area contributed by atoms with E-state index in [1.165, 1.54) is 0 Å². The minimum absolute atomic E-state index is 0.00835. The van der Waals surface area contributed by atoms with Gasteiger partial charge in [-0.2, -0.15) is 0 Å². The minimum atomic E-state index is -0.598.